The van der Waals surface area contributed by atoms with Gasteiger partial charge in [0.05, 0.1) is 13.2 Å². The molecule has 17 heavy (non-hydrogen) atoms. The minimum absolute atomic E-state index is 0.0245. The van der Waals surface area contributed by atoms with Crippen molar-refractivity contribution in [3.8, 4) is 0 Å². The Kier molecular flexibility index (Phi) is 5.64. The molecule has 0 fully saturated rings. The second-order valence-electron chi connectivity index (χ2n) is 3.46. The molecular formula is C11H15ClN2O2S. The molecule has 1 aromatic carbocycles. The maximum Gasteiger partial charge on any atom is 0.106 e. The predicted molar refractivity (Wildman–Crippen MR) is 73.7 cm³/mol. The molecule has 1 rings (SSSR count). The van der Waals surface area contributed by atoms with Gasteiger partial charge in [-0.2, -0.15) is 0 Å². The Hall–Kier alpha value is -0.880. The summed E-state index contributed by atoms with van der Waals surface area (Å²) < 4.78 is 0. The Morgan fingerprint density at radius 2 is 1.88 bits per heavy atom. The maximum atomic E-state index is 9.00. The molecule has 0 saturated heterocycles. The van der Waals surface area contributed by atoms with Gasteiger partial charge in [0.25, 0.3) is 0 Å². The molecule has 0 aromatic heterocycles. The Morgan fingerprint density at radius 3 is 2.35 bits per heavy atom. The number of hydrogen-bond donors (Lipinski definition) is 3. The highest BCUT2D eigenvalue weighted by molar-refractivity contribution is 7.80. The van der Waals surface area contributed by atoms with Crippen LogP contribution in [-0.4, -0.2) is 41.5 Å². The van der Waals surface area contributed by atoms with Crippen LogP contribution >= 0.6 is 23.8 Å². The zero-order chi connectivity index (χ0) is 12.8. The van der Waals surface area contributed by atoms with Gasteiger partial charge in [-0.25, -0.2) is 0 Å². The fourth-order valence-corrected chi connectivity index (χ4v) is 1.91. The smallest absolute Gasteiger partial charge is 0.106 e. The van der Waals surface area contributed by atoms with Crippen LogP contribution in [0, 0.1) is 0 Å². The summed E-state index contributed by atoms with van der Waals surface area (Å²) in [5.41, 5.74) is 7.05. The molecule has 4 nitrogen and oxygen atoms in total. The van der Waals surface area contributed by atoms with Gasteiger partial charge in [0.1, 0.15) is 4.99 Å². The average molecular weight is 275 g/mol. The first-order valence-corrected chi connectivity index (χ1v) is 5.94. The summed E-state index contributed by atoms with van der Waals surface area (Å²) in [5, 5.41) is 18.6. The van der Waals surface area contributed by atoms with Crippen molar-refractivity contribution in [1.29, 1.82) is 0 Å². The van der Waals surface area contributed by atoms with E-state index in [2.05, 4.69) is 0 Å². The van der Waals surface area contributed by atoms with Crippen LogP contribution in [0.1, 0.15) is 5.56 Å². The van der Waals surface area contributed by atoms with Crippen molar-refractivity contribution in [2.75, 3.05) is 31.2 Å². The standard InChI is InChI=1S/C11H15ClN2O2S/c12-8-1-2-9(11(13)17)10(7-8)14(3-5-15)4-6-16/h1-2,7,15-16H,3-6H2,(H2,13,17). The van der Waals surface area contributed by atoms with Crippen LogP contribution in [0.15, 0.2) is 18.2 Å². The highest BCUT2D eigenvalue weighted by Gasteiger charge is 2.12. The molecule has 0 aliphatic heterocycles. The number of hydrogen-bond acceptors (Lipinski definition) is 4. The monoisotopic (exact) mass is 274 g/mol. The highest BCUT2D eigenvalue weighted by Crippen LogP contribution is 2.24. The van der Waals surface area contributed by atoms with Gasteiger partial charge in [0.15, 0.2) is 0 Å². The largest absolute Gasteiger partial charge is 0.395 e. The molecule has 0 aliphatic rings. The number of thiocarbonyl (C=S) groups is 1. The van der Waals surface area contributed by atoms with Crippen molar-refractivity contribution >= 4 is 34.5 Å². The number of aliphatic hydroxyl groups excluding tert-OH is 2. The van der Waals surface area contributed by atoms with Crippen molar-refractivity contribution < 1.29 is 10.2 Å². The van der Waals surface area contributed by atoms with Gasteiger partial charge < -0.3 is 20.8 Å². The fourth-order valence-electron chi connectivity index (χ4n) is 1.57. The molecule has 6 heteroatoms. The van der Waals surface area contributed by atoms with E-state index in [4.69, 9.17) is 39.8 Å². The average Bonchev–Trinajstić information content (AvgIpc) is 2.28. The van der Waals surface area contributed by atoms with Crippen LogP contribution in [0.4, 0.5) is 5.69 Å². The van der Waals surface area contributed by atoms with Crippen LogP contribution < -0.4 is 10.6 Å². The molecule has 0 bridgehead atoms. The Bertz CT molecular complexity index is 395. The first-order valence-electron chi connectivity index (χ1n) is 5.16. The van der Waals surface area contributed by atoms with Crippen LogP contribution in [0.25, 0.3) is 0 Å². The Balaban J connectivity index is 3.14. The van der Waals surface area contributed by atoms with Crippen molar-refractivity contribution in [3.63, 3.8) is 0 Å². The minimum atomic E-state index is -0.0245. The molecule has 0 aliphatic carbocycles. The number of halogens is 1. The SMILES string of the molecule is NC(=S)c1ccc(Cl)cc1N(CCO)CCO. The Morgan fingerprint density at radius 1 is 1.29 bits per heavy atom. The number of aliphatic hydroxyl groups is 2. The lowest BCUT2D eigenvalue weighted by atomic mass is 10.1. The molecule has 0 atom stereocenters. The molecule has 0 radical (unpaired) electrons. The second kappa shape index (κ2) is 6.76. The summed E-state index contributed by atoms with van der Waals surface area (Å²) in [5.74, 6) is 0. The summed E-state index contributed by atoms with van der Waals surface area (Å²) in [6.07, 6.45) is 0. The zero-order valence-corrected chi connectivity index (χ0v) is 10.8. The lowest BCUT2D eigenvalue weighted by molar-refractivity contribution is 0.281. The van der Waals surface area contributed by atoms with Crippen LogP contribution in [-0.2, 0) is 0 Å². The number of rotatable bonds is 6. The van der Waals surface area contributed by atoms with Crippen LogP contribution in [0.5, 0.6) is 0 Å². The molecule has 1 aromatic rings. The van der Waals surface area contributed by atoms with Crippen molar-refractivity contribution in [1.82, 2.24) is 0 Å². The van der Waals surface area contributed by atoms with Gasteiger partial charge in [0.2, 0.25) is 0 Å². The third kappa shape index (κ3) is 3.81. The lowest BCUT2D eigenvalue weighted by Gasteiger charge is -2.25. The van der Waals surface area contributed by atoms with Crippen molar-refractivity contribution in [2.24, 2.45) is 5.73 Å². The molecule has 0 unspecified atom stereocenters. The van der Waals surface area contributed by atoms with Gasteiger partial charge in [-0.05, 0) is 18.2 Å². The molecule has 0 saturated carbocycles. The number of benzene rings is 1. The van der Waals surface area contributed by atoms with E-state index in [9.17, 15) is 0 Å². The topological polar surface area (TPSA) is 69.7 Å². The maximum absolute atomic E-state index is 9.00. The third-order valence-corrected chi connectivity index (χ3v) is 2.76. The summed E-state index contributed by atoms with van der Waals surface area (Å²) in [6, 6.07) is 5.17. The lowest BCUT2D eigenvalue weighted by Crippen LogP contribution is -2.31. The zero-order valence-electron chi connectivity index (χ0n) is 9.27. The Labute approximate surface area is 111 Å². The number of nitrogens with zero attached hydrogens (tertiary/aromatic N) is 1. The van der Waals surface area contributed by atoms with Crippen LogP contribution in [0.2, 0.25) is 5.02 Å². The number of anilines is 1. The van der Waals surface area contributed by atoms with Crippen molar-refractivity contribution in [2.45, 2.75) is 0 Å². The minimum Gasteiger partial charge on any atom is -0.395 e. The molecular weight excluding hydrogens is 260 g/mol. The van der Waals surface area contributed by atoms with E-state index in [-0.39, 0.29) is 18.2 Å². The van der Waals surface area contributed by atoms with E-state index in [1.807, 2.05) is 0 Å². The first kappa shape index (κ1) is 14.2. The third-order valence-electron chi connectivity index (χ3n) is 2.31. The van der Waals surface area contributed by atoms with E-state index in [1.165, 1.54) is 0 Å². The van der Waals surface area contributed by atoms with Gasteiger partial charge >= 0.3 is 0 Å². The quantitative estimate of drug-likeness (QED) is 0.669. The summed E-state index contributed by atoms with van der Waals surface area (Å²) in [6.45, 7) is 0.722. The number of nitrogens with two attached hydrogens (primary N) is 1. The predicted octanol–water partition coefficient (Wildman–Crippen LogP) is 0.765. The van der Waals surface area contributed by atoms with Gasteiger partial charge in [-0.1, -0.05) is 23.8 Å². The van der Waals surface area contributed by atoms with Gasteiger partial charge in [-0.15, -0.1) is 0 Å². The molecule has 0 heterocycles. The molecule has 0 amide bonds. The van der Waals surface area contributed by atoms with Crippen molar-refractivity contribution in [3.05, 3.63) is 28.8 Å². The van der Waals surface area contributed by atoms with Gasteiger partial charge in [0, 0.05) is 29.4 Å². The van der Waals surface area contributed by atoms with E-state index < -0.39 is 0 Å². The summed E-state index contributed by atoms with van der Waals surface area (Å²) in [7, 11) is 0. The van der Waals surface area contributed by atoms with E-state index in [0.29, 0.717) is 23.7 Å². The molecule has 94 valence electrons. The second-order valence-corrected chi connectivity index (χ2v) is 4.34. The van der Waals surface area contributed by atoms with Crippen LogP contribution in [0.3, 0.4) is 0 Å². The normalized spacial score (nSPS) is 10.3. The fraction of sp³-hybridized carbons (Fsp3) is 0.364. The summed E-state index contributed by atoms with van der Waals surface area (Å²) in [4.78, 5) is 2.05. The molecule has 4 N–H and O–H groups in total. The first-order chi connectivity index (χ1) is 8.10. The molecule has 0 spiro atoms. The highest BCUT2D eigenvalue weighted by atomic mass is 35.5. The summed E-state index contributed by atoms with van der Waals surface area (Å²) >= 11 is 10.9. The van der Waals surface area contributed by atoms with Gasteiger partial charge in [-0.3, -0.25) is 0 Å². The van der Waals surface area contributed by atoms with E-state index in [0.717, 1.165) is 5.69 Å². The van der Waals surface area contributed by atoms with E-state index in [1.54, 1.807) is 23.1 Å². The van der Waals surface area contributed by atoms with E-state index >= 15 is 0 Å².